The summed E-state index contributed by atoms with van der Waals surface area (Å²) >= 11 is 1.07. The van der Waals surface area contributed by atoms with Crippen LogP contribution in [0.1, 0.15) is 40.4 Å². The minimum Gasteiger partial charge on any atom is -0.354 e. The first kappa shape index (κ1) is 25.9. The van der Waals surface area contributed by atoms with Crippen molar-refractivity contribution < 1.29 is 26.4 Å². The molecule has 0 bridgehead atoms. The highest BCUT2D eigenvalue weighted by Crippen LogP contribution is 2.33. The third kappa shape index (κ3) is 6.47. The molecule has 9 nitrogen and oxygen atoms in total. The van der Waals surface area contributed by atoms with Gasteiger partial charge in [0.1, 0.15) is 5.01 Å². The van der Waals surface area contributed by atoms with Gasteiger partial charge in [0.15, 0.2) is 20.9 Å². The van der Waals surface area contributed by atoms with Crippen LogP contribution >= 0.6 is 11.3 Å². The summed E-state index contributed by atoms with van der Waals surface area (Å²) in [6.45, 7) is 1.64. The number of benzene rings is 2. The smallest absolute Gasteiger partial charge is 0.245 e. The maximum absolute atomic E-state index is 12.6. The molecule has 0 aliphatic carbocycles. The Bertz CT molecular complexity index is 1430. The number of nitrogens with two attached hydrogens (primary N) is 1. The Morgan fingerprint density at radius 2 is 1.71 bits per heavy atom. The molecule has 0 radical (unpaired) electrons. The van der Waals surface area contributed by atoms with Crippen molar-refractivity contribution in [3.63, 3.8) is 0 Å². The normalized spacial score (nSPS) is 13.0. The van der Waals surface area contributed by atoms with E-state index in [9.17, 15) is 26.4 Å². The van der Waals surface area contributed by atoms with Crippen LogP contribution in [0.5, 0.6) is 0 Å². The molecule has 0 saturated heterocycles. The number of aromatic nitrogens is 1. The average Bonchev–Trinajstić information content (AvgIpc) is 3.14. The molecule has 34 heavy (non-hydrogen) atoms. The Hall–Kier alpha value is -2.67. The number of sulfone groups is 1. The number of sulfonamides is 1. The third-order valence-corrected chi connectivity index (χ3v) is 8.30. The zero-order chi connectivity index (χ0) is 25.1. The molecule has 2 aromatic carbocycles. The van der Waals surface area contributed by atoms with Crippen molar-refractivity contribution in [3.8, 4) is 11.1 Å². The number of thiazole rings is 1. The molecule has 0 aliphatic heterocycles. The van der Waals surface area contributed by atoms with E-state index in [1.54, 1.807) is 18.2 Å². The first-order chi connectivity index (χ1) is 15.9. The molecule has 3 rings (SSSR count). The quantitative estimate of drug-likeness (QED) is 0.387. The van der Waals surface area contributed by atoms with E-state index in [2.05, 4.69) is 10.3 Å². The van der Waals surface area contributed by atoms with E-state index in [1.165, 1.54) is 0 Å². The van der Waals surface area contributed by atoms with Crippen LogP contribution in [0.2, 0.25) is 0 Å². The minimum absolute atomic E-state index is 0.0864. The summed E-state index contributed by atoms with van der Waals surface area (Å²) in [6, 6.07) is 12.7. The van der Waals surface area contributed by atoms with Crippen molar-refractivity contribution in [2.24, 2.45) is 5.14 Å². The molecule has 1 amide bonds. The van der Waals surface area contributed by atoms with Crippen LogP contribution < -0.4 is 10.5 Å². The minimum atomic E-state index is -3.89. The second-order valence-electron chi connectivity index (χ2n) is 7.85. The number of carbonyl (C=O) groups is 2. The highest BCUT2D eigenvalue weighted by Gasteiger charge is 2.34. The molecule has 1 aromatic heterocycles. The van der Waals surface area contributed by atoms with Gasteiger partial charge in [-0.3, -0.25) is 9.59 Å². The molecule has 3 aromatic rings. The molecule has 0 saturated carbocycles. The summed E-state index contributed by atoms with van der Waals surface area (Å²) in [7, 11) is -7.69. The first-order valence-electron chi connectivity index (χ1n) is 10.4. The van der Waals surface area contributed by atoms with Crippen LogP contribution in [0.3, 0.4) is 0 Å². The van der Waals surface area contributed by atoms with Crippen molar-refractivity contribution in [3.05, 3.63) is 53.0 Å². The molecular formula is C22H25N3O6S3. The number of ketones is 1. The molecule has 3 N–H and O–H groups in total. The topological polar surface area (TPSA) is 153 Å². The highest BCUT2D eigenvalue weighted by atomic mass is 32.2. The summed E-state index contributed by atoms with van der Waals surface area (Å²) in [5, 5.41) is 5.75. The van der Waals surface area contributed by atoms with Crippen molar-refractivity contribution in [2.75, 3.05) is 18.6 Å². The maximum atomic E-state index is 12.6. The Morgan fingerprint density at radius 3 is 2.29 bits per heavy atom. The van der Waals surface area contributed by atoms with Crippen LogP contribution in [0, 0.1) is 0 Å². The predicted molar refractivity (Wildman–Crippen MR) is 133 cm³/mol. The summed E-state index contributed by atoms with van der Waals surface area (Å²) in [6.07, 6.45) is 2.20. The van der Waals surface area contributed by atoms with Gasteiger partial charge < -0.3 is 5.32 Å². The van der Waals surface area contributed by atoms with Crippen molar-refractivity contribution in [2.45, 2.75) is 25.0 Å². The molecule has 1 atom stereocenters. The lowest BCUT2D eigenvalue weighted by Crippen LogP contribution is -2.37. The number of primary sulfonamides is 1. The summed E-state index contributed by atoms with van der Waals surface area (Å²) in [5.74, 6) is -1.29. The fourth-order valence-corrected chi connectivity index (χ4v) is 6.29. The number of carbonyl (C=O) groups excluding carboxylic acids is 2. The van der Waals surface area contributed by atoms with Gasteiger partial charge in [0.2, 0.25) is 15.9 Å². The SMILES string of the molecule is CCCC(=O)c1ccc(-c2ccc3nc(C(C(=O)NCCS(N)(=O)=O)S(C)(=O)=O)sc3c2)cc1. The number of hydrogen-bond donors (Lipinski definition) is 2. The predicted octanol–water partition coefficient (Wildman–Crippen LogP) is 2.44. The standard InChI is InChI=1S/C22H25N3O6S3/c1-3-4-18(26)15-7-5-14(6-8-15)16-9-10-17-19(13-16)32-22(25-17)20(33(2,28)29)21(27)24-11-12-34(23,30)31/h5-10,13,20H,3-4,11-12H2,1-2H3,(H,24,27)(H2,23,30,31). The van der Waals surface area contributed by atoms with E-state index in [-0.39, 0.29) is 17.3 Å². The van der Waals surface area contributed by atoms with Gasteiger partial charge in [-0.05, 0) is 29.7 Å². The second kappa shape index (κ2) is 10.3. The molecule has 0 fully saturated rings. The fraction of sp³-hybridized carbons (Fsp3) is 0.318. The van der Waals surface area contributed by atoms with Gasteiger partial charge in [-0.2, -0.15) is 0 Å². The Balaban J connectivity index is 1.89. The molecule has 182 valence electrons. The van der Waals surface area contributed by atoms with Crippen LogP contribution in [-0.4, -0.2) is 52.1 Å². The zero-order valence-electron chi connectivity index (χ0n) is 18.6. The van der Waals surface area contributed by atoms with E-state index in [0.717, 1.165) is 35.1 Å². The van der Waals surface area contributed by atoms with Gasteiger partial charge in [0, 0.05) is 24.8 Å². The number of rotatable bonds is 10. The van der Waals surface area contributed by atoms with Gasteiger partial charge in [-0.25, -0.2) is 27.0 Å². The van der Waals surface area contributed by atoms with E-state index in [1.807, 2.05) is 31.2 Å². The van der Waals surface area contributed by atoms with E-state index < -0.39 is 36.8 Å². The molecule has 0 spiro atoms. The monoisotopic (exact) mass is 523 g/mol. The Labute approximate surface area is 202 Å². The molecule has 1 heterocycles. The van der Waals surface area contributed by atoms with Crippen LogP contribution in [-0.2, 0) is 24.7 Å². The van der Waals surface area contributed by atoms with Crippen LogP contribution in [0.25, 0.3) is 21.3 Å². The molecule has 1 unspecified atom stereocenters. The lowest BCUT2D eigenvalue weighted by atomic mass is 10.0. The van der Waals surface area contributed by atoms with Crippen LogP contribution in [0.4, 0.5) is 0 Å². The van der Waals surface area contributed by atoms with Crippen molar-refractivity contribution in [1.29, 1.82) is 0 Å². The first-order valence-corrected chi connectivity index (χ1v) is 14.9. The Kier molecular flexibility index (Phi) is 7.86. The number of Topliss-reactive ketones (excluding diaryl/α,β-unsaturated/α-hetero) is 1. The largest absolute Gasteiger partial charge is 0.354 e. The van der Waals surface area contributed by atoms with Gasteiger partial charge in [0.05, 0.1) is 16.0 Å². The number of nitrogens with one attached hydrogen (secondary N) is 1. The lowest BCUT2D eigenvalue weighted by Gasteiger charge is -2.12. The van der Waals surface area contributed by atoms with E-state index in [4.69, 9.17) is 5.14 Å². The lowest BCUT2D eigenvalue weighted by molar-refractivity contribution is -0.120. The van der Waals surface area contributed by atoms with Crippen molar-refractivity contribution >= 4 is 53.1 Å². The van der Waals surface area contributed by atoms with E-state index in [0.29, 0.717) is 22.2 Å². The maximum Gasteiger partial charge on any atom is 0.245 e. The number of amides is 1. The molecule has 0 aliphatic rings. The average molecular weight is 524 g/mol. The number of fused-ring (bicyclic) bond motifs is 1. The summed E-state index contributed by atoms with van der Waals surface area (Å²) in [5.41, 5.74) is 2.91. The Morgan fingerprint density at radius 1 is 1.06 bits per heavy atom. The summed E-state index contributed by atoms with van der Waals surface area (Å²) in [4.78, 5) is 29.0. The van der Waals surface area contributed by atoms with Gasteiger partial charge in [-0.1, -0.05) is 37.3 Å². The highest BCUT2D eigenvalue weighted by molar-refractivity contribution is 7.91. The second-order valence-corrected chi connectivity index (χ2v) is 12.8. The summed E-state index contributed by atoms with van der Waals surface area (Å²) < 4.78 is 47.6. The zero-order valence-corrected chi connectivity index (χ0v) is 21.1. The number of hydrogen-bond acceptors (Lipinski definition) is 8. The van der Waals surface area contributed by atoms with Crippen molar-refractivity contribution in [1.82, 2.24) is 10.3 Å². The molecule has 12 heteroatoms. The van der Waals surface area contributed by atoms with Gasteiger partial charge in [-0.15, -0.1) is 11.3 Å². The fourth-order valence-electron chi connectivity index (χ4n) is 3.35. The van der Waals surface area contributed by atoms with Gasteiger partial charge in [0.25, 0.3) is 0 Å². The number of nitrogens with zero attached hydrogens (tertiary/aromatic N) is 1. The third-order valence-electron chi connectivity index (χ3n) is 5.00. The molecular weight excluding hydrogens is 498 g/mol. The van der Waals surface area contributed by atoms with Gasteiger partial charge >= 0.3 is 0 Å². The van der Waals surface area contributed by atoms with Crippen LogP contribution in [0.15, 0.2) is 42.5 Å². The van der Waals surface area contributed by atoms with E-state index >= 15 is 0 Å².